The van der Waals surface area contributed by atoms with Crippen molar-refractivity contribution in [3.05, 3.63) is 22.8 Å². The Morgan fingerprint density at radius 1 is 1.53 bits per heavy atom. The lowest BCUT2D eigenvalue weighted by molar-refractivity contribution is 1.22. The molecule has 2 aromatic rings. The number of aryl methyl sites for hydroxylation is 1. The highest BCUT2D eigenvalue weighted by molar-refractivity contribution is 7.17. The third-order valence-electron chi connectivity index (χ3n) is 2.70. The summed E-state index contributed by atoms with van der Waals surface area (Å²) in [7, 11) is 0. The Bertz CT molecular complexity index is 573. The Kier molecular flexibility index (Phi) is 1.74. The highest BCUT2D eigenvalue weighted by atomic mass is 32.1. The fourth-order valence-electron chi connectivity index (χ4n) is 1.80. The van der Waals surface area contributed by atoms with Gasteiger partial charge in [0.05, 0.1) is 22.3 Å². The molecule has 0 spiro atoms. The molecule has 0 amide bonds. The van der Waals surface area contributed by atoms with Crippen molar-refractivity contribution in [2.45, 2.75) is 6.92 Å². The molecule has 15 heavy (non-hydrogen) atoms. The van der Waals surface area contributed by atoms with E-state index in [9.17, 15) is 0 Å². The lowest BCUT2D eigenvalue weighted by Crippen LogP contribution is -1.94. The van der Waals surface area contributed by atoms with Crippen LogP contribution in [0.2, 0.25) is 0 Å². The summed E-state index contributed by atoms with van der Waals surface area (Å²) in [6.45, 7) is 4.28. The number of terminal acetylenes is 1. The molecule has 0 N–H and O–H groups in total. The Morgan fingerprint density at radius 3 is 3.00 bits per heavy atom. The fraction of sp³-hybridized carbons (Fsp3) is 0.250. The summed E-state index contributed by atoms with van der Waals surface area (Å²) in [5.41, 5.74) is 3.27. The molecule has 0 aromatic carbocycles. The van der Waals surface area contributed by atoms with Gasteiger partial charge in [-0.15, -0.1) is 17.8 Å². The van der Waals surface area contributed by atoms with Crippen molar-refractivity contribution in [2.24, 2.45) is 0 Å². The number of pyridine rings is 1. The summed E-state index contributed by atoms with van der Waals surface area (Å²) >= 11 is 1.69. The van der Waals surface area contributed by atoms with Crippen LogP contribution in [0.3, 0.4) is 0 Å². The number of hydrogen-bond donors (Lipinski definition) is 0. The van der Waals surface area contributed by atoms with E-state index in [1.165, 1.54) is 15.8 Å². The van der Waals surface area contributed by atoms with E-state index in [1.54, 1.807) is 11.3 Å². The van der Waals surface area contributed by atoms with Gasteiger partial charge in [-0.25, -0.2) is 0 Å². The number of anilines is 1. The van der Waals surface area contributed by atoms with Gasteiger partial charge in [0.1, 0.15) is 0 Å². The molecule has 0 atom stereocenters. The first-order valence-corrected chi connectivity index (χ1v) is 5.77. The van der Waals surface area contributed by atoms with Gasteiger partial charge >= 0.3 is 0 Å². The van der Waals surface area contributed by atoms with E-state index < -0.39 is 0 Å². The van der Waals surface area contributed by atoms with Crippen molar-refractivity contribution in [1.29, 1.82) is 0 Å². The molecule has 0 aliphatic carbocycles. The van der Waals surface area contributed by atoms with Crippen LogP contribution >= 0.6 is 11.3 Å². The first-order valence-electron chi connectivity index (χ1n) is 4.89. The summed E-state index contributed by atoms with van der Waals surface area (Å²) in [5.74, 6) is 2.76. The van der Waals surface area contributed by atoms with E-state index in [1.807, 2.05) is 18.5 Å². The Morgan fingerprint density at radius 2 is 2.33 bits per heavy atom. The molecule has 0 unspecified atom stereocenters. The van der Waals surface area contributed by atoms with Crippen molar-refractivity contribution in [1.82, 2.24) is 4.98 Å². The number of hydrogen-bond acceptors (Lipinski definition) is 3. The van der Waals surface area contributed by atoms with E-state index in [-0.39, 0.29) is 0 Å². The maximum Gasteiger partial charge on any atom is 0.0655 e. The Hall–Kier alpha value is -1.53. The Balaban J connectivity index is 2.40. The average Bonchev–Trinajstić information content (AvgIpc) is 2.98. The Labute approximate surface area is 92.6 Å². The molecule has 0 radical (unpaired) electrons. The molecule has 3 heteroatoms. The third-order valence-corrected chi connectivity index (χ3v) is 3.79. The van der Waals surface area contributed by atoms with E-state index >= 15 is 0 Å². The summed E-state index contributed by atoms with van der Waals surface area (Å²) in [6, 6.07) is 0. The maximum atomic E-state index is 5.52. The standard InChI is InChI=1S/C12H10N2S/c1-3-9-7-15-12-8(2)13-6-10(11(9)12)14-4-5-14/h1,6-7H,4-5H2,2H3. The first-order chi connectivity index (χ1) is 7.31. The van der Waals surface area contributed by atoms with Crippen molar-refractivity contribution in [2.75, 3.05) is 18.0 Å². The molecule has 2 aromatic heterocycles. The number of fused-ring (bicyclic) bond motifs is 1. The van der Waals surface area contributed by atoms with E-state index in [4.69, 9.17) is 6.42 Å². The van der Waals surface area contributed by atoms with Gasteiger partial charge < -0.3 is 4.90 Å². The van der Waals surface area contributed by atoms with Gasteiger partial charge in [0.15, 0.2) is 0 Å². The highest BCUT2D eigenvalue weighted by Gasteiger charge is 2.23. The first kappa shape index (κ1) is 8.75. The minimum atomic E-state index is 1.00. The zero-order valence-corrected chi connectivity index (χ0v) is 9.27. The average molecular weight is 214 g/mol. The zero-order chi connectivity index (χ0) is 10.4. The summed E-state index contributed by atoms with van der Waals surface area (Å²) < 4.78 is 1.23. The fourth-order valence-corrected chi connectivity index (χ4v) is 2.77. The quantitative estimate of drug-likeness (QED) is 0.535. The second-order valence-corrected chi connectivity index (χ2v) is 4.59. The maximum absolute atomic E-state index is 5.52. The minimum Gasteiger partial charge on any atom is -0.366 e. The number of aromatic nitrogens is 1. The predicted octanol–water partition coefficient (Wildman–Crippen LogP) is 2.41. The van der Waals surface area contributed by atoms with E-state index in [0.717, 1.165) is 24.3 Å². The molecule has 1 fully saturated rings. The summed E-state index contributed by atoms with van der Waals surface area (Å²) in [4.78, 5) is 6.71. The van der Waals surface area contributed by atoms with Crippen molar-refractivity contribution in [3.63, 3.8) is 0 Å². The SMILES string of the molecule is C#Cc1csc2c(C)ncc(N3CC3)c12. The van der Waals surface area contributed by atoms with Crippen LogP contribution in [0.1, 0.15) is 11.3 Å². The summed E-state index contributed by atoms with van der Waals surface area (Å²) in [5, 5.41) is 3.26. The monoisotopic (exact) mass is 214 g/mol. The van der Waals surface area contributed by atoms with Gasteiger partial charge in [-0.2, -0.15) is 0 Å². The molecule has 2 nitrogen and oxygen atoms in total. The van der Waals surface area contributed by atoms with Crippen molar-refractivity contribution in [3.8, 4) is 12.3 Å². The van der Waals surface area contributed by atoms with Gasteiger partial charge in [0, 0.05) is 29.4 Å². The van der Waals surface area contributed by atoms with Crippen LogP contribution in [0.5, 0.6) is 0 Å². The molecule has 1 aliphatic heterocycles. The van der Waals surface area contributed by atoms with Crippen molar-refractivity contribution >= 4 is 27.1 Å². The molecular formula is C12H10N2S. The van der Waals surface area contributed by atoms with Gasteiger partial charge in [-0.05, 0) is 6.92 Å². The highest BCUT2D eigenvalue weighted by Crippen LogP contribution is 2.37. The molecule has 0 bridgehead atoms. The third kappa shape index (κ3) is 1.22. The van der Waals surface area contributed by atoms with Crippen LogP contribution in [0.15, 0.2) is 11.6 Å². The molecule has 3 heterocycles. The lowest BCUT2D eigenvalue weighted by atomic mass is 10.1. The second kappa shape index (κ2) is 2.98. The topological polar surface area (TPSA) is 15.9 Å². The van der Waals surface area contributed by atoms with Crippen molar-refractivity contribution < 1.29 is 0 Å². The molecule has 74 valence electrons. The predicted molar refractivity (Wildman–Crippen MR) is 64.5 cm³/mol. The molecular weight excluding hydrogens is 204 g/mol. The molecule has 3 rings (SSSR count). The number of thiophene rings is 1. The smallest absolute Gasteiger partial charge is 0.0655 e. The molecule has 1 saturated heterocycles. The van der Waals surface area contributed by atoms with Crippen LogP contribution in [0, 0.1) is 19.3 Å². The zero-order valence-electron chi connectivity index (χ0n) is 8.45. The van der Waals surface area contributed by atoms with Crippen LogP contribution in [-0.2, 0) is 0 Å². The van der Waals surface area contributed by atoms with Gasteiger partial charge in [-0.1, -0.05) is 5.92 Å². The summed E-state index contributed by atoms with van der Waals surface area (Å²) in [6.07, 6.45) is 7.46. The number of rotatable bonds is 1. The van der Waals surface area contributed by atoms with Crippen LogP contribution in [0.4, 0.5) is 5.69 Å². The minimum absolute atomic E-state index is 1.00. The van der Waals surface area contributed by atoms with Crippen LogP contribution in [0.25, 0.3) is 10.1 Å². The van der Waals surface area contributed by atoms with E-state index in [0.29, 0.717) is 0 Å². The second-order valence-electron chi connectivity index (χ2n) is 3.71. The lowest BCUT2D eigenvalue weighted by Gasteiger charge is -2.06. The number of nitrogens with zero attached hydrogens (tertiary/aromatic N) is 2. The molecule has 0 saturated carbocycles. The van der Waals surface area contributed by atoms with Gasteiger partial charge in [0.2, 0.25) is 0 Å². The normalized spacial score (nSPS) is 14.3. The van der Waals surface area contributed by atoms with Crippen LogP contribution in [-0.4, -0.2) is 18.1 Å². The van der Waals surface area contributed by atoms with E-state index in [2.05, 4.69) is 15.8 Å². The van der Waals surface area contributed by atoms with Gasteiger partial charge in [0.25, 0.3) is 0 Å². The van der Waals surface area contributed by atoms with Crippen LogP contribution < -0.4 is 4.90 Å². The largest absolute Gasteiger partial charge is 0.366 e. The van der Waals surface area contributed by atoms with Gasteiger partial charge in [-0.3, -0.25) is 4.98 Å². The molecule has 1 aliphatic rings.